The highest BCUT2D eigenvalue weighted by atomic mass is 16.5. The molecule has 0 aliphatic carbocycles. The van der Waals surface area contributed by atoms with E-state index in [2.05, 4.69) is 21.0 Å². The largest absolute Gasteiger partial charge is 0.491 e. The van der Waals surface area contributed by atoms with Crippen LogP contribution in [0, 0.1) is 5.41 Å². The van der Waals surface area contributed by atoms with E-state index in [1.54, 1.807) is 30.7 Å². The second-order valence-electron chi connectivity index (χ2n) is 10.2. The van der Waals surface area contributed by atoms with Crippen LogP contribution in [-0.2, 0) is 6.42 Å². The second kappa shape index (κ2) is 11.6. The van der Waals surface area contributed by atoms with E-state index in [4.69, 9.17) is 10.5 Å². The van der Waals surface area contributed by atoms with Crippen LogP contribution in [0.4, 0.5) is 5.82 Å². The first-order chi connectivity index (χ1) is 18.5. The maximum Gasteiger partial charge on any atom is 0.274 e. The molecule has 2 N–H and O–H groups in total. The summed E-state index contributed by atoms with van der Waals surface area (Å²) < 4.78 is 6.16. The van der Waals surface area contributed by atoms with Crippen LogP contribution in [-0.4, -0.2) is 69.4 Å². The lowest BCUT2D eigenvalue weighted by Crippen LogP contribution is -2.50. The molecule has 0 atom stereocenters. The summed E-state index contributed by atoms with van der Waals surface area (Å²) in [7, 11) is 0. The molecule has 0 saturated carbocycles. The van der Waals surface area contributed by atoms with Crippen LogP contribution in [0.3, 0.4) is 0 Å². The van der Waals surface area contributed by atoms with Crippen LogP contribution < -0.4 is 10.5 Å². The van der Waals surface area contributed by atoms with Crippen LogP contribution in [0.2, 0.25) is 0 Å². The minimum atomic E-state index is -0.145. The number of nitrogens with two attached hydrogens (primary N) is 1. The zero-order valence-corrected chi connectivity index (χ0v) is 21.6. The number of fused-ring (bicyclic) bond motifs is 1. The first-order valence-electron chi connectivity index (χ1n) is 13.3. The lowest BCUT2D eigenvalue weighted by Gasteiger charge is -2.45. The molecule has 2 amide bonds. The molecule has 0 radical (unpaired) electrons. The SMILES string of the molecule is Nc1ncccc1C(=O)N1CCC2(CCCCc3ccccc3OCCN(C(=O)c3cnccn3)C2)CC1. The highest BCUT2D eigenvalue weighted by molar-refractivity contribution is 5.98. The van der Waals surface area contributed by atoms with Crippen molar-refractivity contribution in [2.75, 3.05) is 38.5 Å². The van der Waals surface area contributed by atoms with Gasteiger partial charge in [-0.05, 0) is 61.3 Å². The fourth-order valence-corrected chi connectivity index (χ4v) is 5.60. The monoisotopic (exact) mass is 514 g/mol. The third-order valence-corrected chi connectivity index (χ3v) is 7.77. The van der Waals surface area contributed by atoms with Crippen molar-refractivity contribution in [3.63, 3.8) is 0 Å². The first kappa shape index (κ1) is 25.6. The van der Waals surface area contributed by atoms with Crippen LogP contribution in [0.15, 0.2) is 61.2 Å². The van der Waals surface area contributed by atoms with Gasteiger partial charge in [0.25, 0.3) is 11.8 Å². The zero-order chi connectivity index (χ0) is 26.4. The van der Waals surface area contributed by atoms with Gasteiger partial charge in [-0.3, -0.25) is 14.6 Å². The van der Waals surface area contributed by atoms with Crippen molar-refractivity contribution in [1.82, 2.24) is 24.8 Å². The van der Waals surface area contributed by atoms with Crippen molar-refractivity contribution < 1.29 is 14.3 Å². The van der Waals surface area contributed by atoms with Gasteiger partial charge in [-0.2, -0.15) is 0 Å². The molecule has 1 fully saturated rings. The average molecular weight is 515 g/mol. The molecule has 9 nitrogen and oxygen atoms in total. The Morgan fingerprint density at radius 2 is 1.71 bits per heavy atom. The van der Waals surface area contributed by atoms with Gasteiger partial charge in [-0.15, -0.1) is 0 Å². The number of para-hydroxylation sites is 1. The third-order valence-electron chi connectivity index (χ3n) is 7.77. The zero-order valence-electron chi connectivity index (χ0n) is 21.6. The summed E-state index contributed by atoms with van der Waals surface area (Å²) >= 11 is 0. The molecule has 1 spiro atoms. The quantitative estimate of drug-likeness (QED) is 0.555. The fraction of sp³-hybridized carbons (Fsp3) is 0.414. The van der Waals surface area contributed by atoms with Crippen molar-refractivity contribution in [1.29, 1.82) is 0 Å². The number of hydrogen-bond donors (Lipinski definition) is 1. The second-order valence-corrected chi connectivity index (χ2v) is 10.2. The Kier molecular flexibility index (Phi) is 7.81. The number of nitrogens with zero attached hydrogens (tertiary/aromatic N) is 5. The number of nitrogen functional groups attached to an aromatic ring is 1. The van der Waals surface area contributed by atoms with Gasteiger partial charge in [0.05, 0.1) is 18.3 Å². The molecule has 3 aromatic rings. The molecule has 1 saturated heterocycles. The molecule has 38 heavy (non-hydrogen) atoms. The van der Waals surface area contributed by atoms with E-state index in [0.717, 1.165) is 44.3 Å². The van der Waals surface area contributed by atoms with Crippen LogP contribution in [0.25, 0.3) is 0 Å². The number of piperidine rings is 1. The number of aryl methyl sites for hydroxylation is 1. The summed E-state index contributed by atoms with van der Waals surface area (Å²) in [5.41, 5.74) is 7.84. The van der Waals surface area contributed by atoms with E-state index in [1.807, 2.05) is 28.0 Å². The van der Waals surface area contributed by atoms with E-state index in [1.165, 1.54) is 11.8 Å². The molecule has 5 rings (SSSR count). The number of hydrogen-bond acceptors (Lipinski definition) is 7. The Labute approximate surface area is 223 Å². The van der Waals surface area contributed by atoms with Gasteiger partial charge in [0.15, 0.2) is 0 Å². The summed E-state index contributed by atoms with van der Waals surface area (Å²) in [5.74, 6) is 0.908. The predicted molar refractivity (Wildman–Crippen MR) is 144 cm³/mol. The topological polar surface area (TPSA) is 115 Å². The lowest BCUT2D eigenvalue weighted by molar-refractivity contribution is 0.0326. The smallest absolute Gasteiger partial charge is 0.274 e. The highest BCUT2D eigenvalue weighted by Crippen LogP contribution is 2.39. The molecule has 0 bridgehead atoms. The molecule has 198 valence electrons. The van der Waals surface area contributed by atoms with Crippen LogP contribution in [0.5, 0.6) is 5.75 Å². The lowest BCUT2D eigenvalue weighted by atomic mass is 9.73. The summed E-state index contributed by atoms with van der Waals surface area (Å²) in [6.45, 7) is 2.65. The average Bonchev–Trinajstić information content (AvgIpc) is 2.95. The number of pyridine rings is 1. The number of anilines is 1. The third kappa shape index (κ3) is 5.77. The molecule has 1 aromatic carbocycles. The maximum atomic E-state index is 13.6. The Hall–Kier alpha value is -4.01. The number of carbonyl (C=O) groups is 2. The van der Waals surface area contributed by atoms with Gasteiger partial charge in [0, 0.05) is 38.2 Å². The Morgan fingerprint density at radius 3 is 2.50 bits per heavy atom. The van der Waals surface area contributed by atoms with Crippen molar-refractivity contribution in [2.45, 2.75) is 38.5 Å². The normalized spacial score (nSPS) is 18.0. The number of aromatic nitrogens is 3. The molecular weight excluding hydrogens is 480 g/mol. The van der Waals surface area contributed by atoms with Gasteiger partial charge < -0.3 is 20.3 Å². The molecular formula is C29H34N6O3. The number of amides is 2. The Morgan fingerprint density at radius 1 is 0.868 bits per heavy atom. The summed E-state index contributed by atoms with van der Waals surface area (Å²) in [4.78, 5) is 42.9. The van der Waals surface area contributed by atoms with Gasteiger partial charge in [0.2, 0.25) is 0 Å². The number of benzene rings is 1. The maximum absolute atomic E-state index is 13.6. The Balaban J connectivity index is 1.37. The van der Waals surface area contributed by atoms with E-state index in [9.17, 15) is 9.59 Å². The van der Waals surface area contributed by atoms with Gasteiger partial charge >= 0.3 is 0 Å². The van der Waals surface area contributed by atoms with Crippen molar-refractivity contribution in [3.8, 4) is 5.75 Å². The fourth-order valence-electron chi connectivity index (χ4n) is 5.60. The number of likely N-dealkylation sites (tertiary alicyclic amines) is 1. The Bertz CT molecular complexity index is 1260. The van der Waals surface area contributed by atoms with Gasteiger partial charge in [0.1, 0.15) is 23.9 Å². The molecule has 2 aliphatic rings. The van der Waals surface area contributed by atoms with Crippen LogP contribution in [0.1, 0.15) is 58.5 Å². The molecule has 2 aliphatic heterocycles. The van der Waals surface area contributed by atoms with Crippen molar-refractivity contribution >= 4 is 17.6 Å². The predicted octanol–water partition coefficient (Wildman–Crippen LogP) is 3.62. The van der Waals surface area contributed by atoms with E-state index >= 15 is 0 Å². The summed E-state index contributed by atoms with van der Waals surface area (Å²) in [6.07, 6.45) is 11.8. The van der Waals surface area contributed by atoms with E-state index in [0.29, 0.717) is 44.0 Å². The van der Waals surface area contributed by atoms with Gasteiger partial charge in [-0.1, -0.05) is 24.6 Å². The number of carbonyl (C=O) groups excluding carboxylic acids is 2. The number of rotatable bonds is 2. The van der Waals surface area contributed by atoms with E-state index < -0.39 is 0 Å². The number of ether oxygens (including phenoxy) is 1. The van der Waals surface area contributed by atoms with Crippen molar-refractivity contribution in [2.24, 2.45) is 5.41 Å². The first-order valence-corrected chi connectivity index (χ1v) is 13.3. The highest BCUT2D eigenvalue weighted by Gasteiger charge is 2.39. The molecule has 2 aromatic heterocycles. The van der Waals surface area contributed by atoms with Crippen LogP contribution >= 0.6 is 0 Å². The van der Waals surface area contributed by atoms with Crippen molar-refractivity contribution in [3.05, 3.63) is 78.0 Å². The molecule has 4 heterocycles. The van der Waals surface area contributed by atoms with E-state index in [-0.39, 0.29) is 23.0 Å². The summed E-state index contributed by atoms with van der Waals surface area (Å²) in [6, 6.07) is 11.6. The minimum absolute atomic E-state index is 0.0869. The standard InChI is InChI=1S/C29H34N6O3/c30-26-23(8-5-13-33-26)27(36)34-16-11-29(12-17-34)10-4-3-7-22-6-1-2-9-25(22)38-19-18-35(21-29)28(37)24-20-31-14-15-32-24/h1-2,5-6,8-9,13-15,20H,3-4,7,10-12,16-19,21H2,(H2,30,33). The molecule has 9 heteroatoms. The minimum Gasteiger partial charge on any atom is -0.491 e. The van der Waals surface area contributed by atoms with Gasteiger partial charge in [-0.25, -0.2) is 9.97 Å². The molecule has 0 unspecified atom stereocenters. The summed E-state index contributed by atoms with van der Waals surface area (Å²) in [5, 5.41) is 0.